The molecule has 0 spiro atoms. The number of carbonyl (C=O) groups is 1. The smallest absolute Gasteiger partial charge is 0.193 e. The lowest BCUT2D eigenvalue weighted by molar-refractivity contribution is 0.103. The third-order valence-electron chi connectivity index (χ3n) is 3.90. The number of ketones is 1. The molecule has 5 heteroatoms. The number of hydrogen-bond donors (Lipinski definition) is 0. The average Bonchev–Trinajstić information content (AvgIpc) is 2.96. The van der Waals surface area contributed by atoms with E-state index < -0.39 is 0 Å². The summed E-state index contributed by atoms with van der Waals surface area (Å²) >= 11 is 6.53. The maximum atomic E-state index is 12.6. The molecule has 0 saturated carbocycles. The van der Waals surface area contributed by atoms with Crippen LogP contribution in [0.15, 0.2) is 54.7 Å². The summed E-state index contributed by atoms with van der Waals surface area (Å²) < 4.78 is 1.69. The van der Waals surface area contributed by atoms with E-state index in [2.05, 4.69) is 10.1 Å². The third kappa shape index (κ3) is 2.19. The van der Waals surface area contributed by atoms with Gasteiger partial charge in [0.15, 0.2) is 5.78 Å². The Bertz CT molecular complexity index is 1050. The fourth-order valence-corrected chi connectivity index (χ4v) is 3.10. The van der Waals surface area contributed by atoms with Crippen LogP contribution >= 0.6 is 11.6 Å². The second-order valence-electron chi connectivity index (χ2n) is 5.35. The summed E-state index contributed by atoms with van der Waals surface area (Å²) in [5, 5.41) is 5.50. The van der Waals surface area contributed by atoms with Gasteiger partial charge < -0.3 is 0 Å². The molecule has 0 bridgehead atoms. The lowest BCUT2D eigenvalue weighted by atomic mass is 10.0. The van der Waals surface area contributed by atoms with E-state index in [-0.39, 0.29) is 5.78 Å². The second kappa shape index (κ2) is 5.18. The van der Waals surface area contributed by atoms with E-state index in [9.17, 15) is 4.79 Å². The van der Waals surface area contributed by atoms with Gasteiger partial charge in [0, 0.05) is 23.6 Å². The van der Waals surface area contributed by atoms with Crippen LogP contribution in [0.25, 0.3) is 21.9 Å². The Labute approximate surface area is 137 Å². The summed E-state index contributed by atoms with van der Waals surface area (Å²) in [6.07, 6.45) is 1.68. The Kier molecular flexibility index (Phi) is 3.13. The zero-order chi connectivity index (χ0) is 16.0. The molecular formula is C18H12ClN3O. The minimum Gasteiger partial charge on any atom is -0.289 e. The van der Waals surface area contributed by atoms with Crippen molar-refractivity contribution < 1.29 is 4.79 Å². The van der Waals surface area contributed by atoms with E-state index in [1.807, 2.05) is 31.3 Å². The van der Waals surface area contributed by atoms with E-state index in [1.165, 1.54) is 0 Å². The van der Waals surface area contributed by atoms with Crippen LogP contribution in [0.5, 0.6) is 0 Å². The predicted molar refractivity (Wildman–Crippen MR) is 90.9 cm³/mol. The second-order valence-corrected chi connectivity index (χ2v) is 5.73. The largest absolute Gasteiger partial charge is 0.289 e. The van der Waals surface area contributed by atoms with Gasteiger partial charge in [-0.25, -0.2) is 4.98 Å². The summed E-state index contributed by atoms with van der Waals surface area (Å²) in [6, 6.07) is 14.6. The van der Waals surface area contributed by atoms with Crippen molar-refractivity contribution in [3.05, 3.63) is 70.9 Å². The first-order chi connectivity index (χ1) is 11.1. The zero-order valence-corrected chi connectivity index (χ0v) is 13.1. The monoisotopic (exact) mass is 321 g/mol. The van der Waals surface area contributed by atoms with Crippen LogP contribution in [-0.4, -0.2) is 20.5 Å². The first kappa shape index (κ1) is 13.9. The zero-order valence-electron chi connectivity index (χ0n) is 12.3. The molecule has 2 aromatic heterocycles. The van der Waals surface area contributed by atoms with E-state index in [4.69, 9.17) is 11.6 Å². The molecule has 2 heterocycles. The first-order valence-electron chi connectivity index (χ1n) is 7.16. The van der Waals surface area contributed by atoms with E-state index in [0.717, 1.165) is 21.9 Å². The Morgan fingerprint density at radius 1 is 1.04 bits per heavy atom. The van der Waals surface area contributed by atoms with Gasteiger partial charge in [-0.1, -0.05) is 41.9 Å². The number of carbonyl (C=O) groups excluding carboxylic acids is 1. The molecule has 0 unspecified atom stereocenters. The highest BCUT2D eigenvalue weighted by Gasteiger charge is 2.14. The molecule has 0 amide bonds. The van der Waals surface area contributed by atoms with Crippen molar-refractivity contribution >= 4 is 39.3 Å². The van der Waals surface area contributed by atoms with Crippen molar-refractivity contribution in [3.8, 4) is 0 Å². The van der Waals surface area contributed by atoms with Crippen LogP contribution in [0, 0.1) is 0 Å². The summed E-state index contributed by atoms with van der Waals surface area (Å²) in [7, 11) is 1.82. The number of aromatic nitrogens is 3. The normalized spacial score (nSPS) is 11.2. The molecule has 2 aromatic carbocycles. The minimum absolute atomic E-state index is 0.0336. The van der Waals surface area contributed by atoms with Crippen molar-refractivity contribution in [2.24, 2.45) is 7.05 Å². The standard InChI is InChI=1S/C18H12ClN3O/c1-22-17-15(10-20-22)21-14-8-7-12(9-13(14)16(17)19)18(23)11-5-3-2-4-6-11/h2-10H,1H3. The van der Waals surface area contributed by atoms with Gasteiger partial charge in [-0.3, -0.25) is 9.48 Å². The summed E-state index contributed by atoms with van der Waals surface area (Å²) in [4.78, 5) is 17.2. The highest BCUT2D eigenvalue weighted by molar-refractivity contribution is 6.40. The molecule has 4 rings (SSSR count). The summed E-state index contributed by atoms with van der Waals surface area (Å²) in [5.41, 5.74) is 3.50. The molecule has 0 radical (unpaired) electrons. The van der Waals surface area contributed by atoms with Gasteiger partial charge in [0.2, 0.25) is 0 Å². The van der Waals surface area contributed by atoms with Crippen LogP contribution in [-0.2, 0) is 7.05 Å². The molecule has 0 N–H and O–H groups in total. The van der Waals surface area contributed by atoms with E-state index in [0.29, 0.717) is 16.1 Å². The molecule has 0 aliphatic heterocycles. The quantitative estimate of drug-likeness (QED) is 0.524. The molecule has 112 valence electrons. The number of aryl methyl sites for hydroxylation is 1. The van der Waals surface area contributed by atoms with Gasteiger partial charge in [0.25, 0.3) is 0 Å². The Morgan fingerprint density at radius 2 is 1.83 bits per heavy atom. The molecule has 0 aliphatic rings. The fourth-order valence-electron chi connectivity index (χ4n) is 2.73. The van der Waals surface area contributed by atoms with Crippen LogP contribution in [0.2, 0.25) is 5.02 Å². The molecule has 0 aliphatic carbocycles. The van der Waals surface area contributed by atoms with E-state index >= 15 is 0 Å². The molecule has 0 fully saturated rings. The molecule has 0 atom stereocenters. The number of benzene rings is 2. The van der Waals surface area contributed by atoms with Crippen LogP contribution in [0.4, 0.5) is 0 Å². The number of pyridine rings is 1. The maximum absolute atomic E-state index is 12.6. The van der Waals surface area contributed by atoms with Gasteiger partial charge in [0.05, 0.1) is 16.7 Å². The lowest BCUT2D eigenvalue weighted by Gasteiger charge is -2.06. The first-order valence-corrected chi connectivity index (χ1v) is 7.53. The van der Waals surface area contributed by atoms with Gasteiger partial charge in [-0.15, -0.1) is 0 Å². The fraction of sp³-hybridized carbons (Fsp3) is 0.0556. The minimum atomic E-state index is -0.0336. The predicted octanol–water partition coefficient (Wildman–Crippen LogP) is 4.01. The number of halogens is 1. The molecule has 23 heavy (non-hydrogen) atoms. The van der Waals surface area contributed by atoms with Gasteiger partial charge in [-0.2, -0.15) is 5.10 Å². The lowest BCUT2D eigenvalue weighted by Crippen LogP contribution is -2.01. The van der Waals surface area contributed by atoms with Gasteiger partial charge in [-0.05, 0) is 18.2 Å². The summed E-state index contributed by atoms with van der Waals surface area (Å²) in [5.74, 6) is -0.0336. The highest BCUT2D eigenvalue weighted by Crippen LogP contribution is 2.30. The van der Waals surface area contributed by atoms with Crippen molar-refractivity contribution in [2.75, 3.05) is 0 Å². The summed E-state index contributed by atoms with van der Waals surface area (Å²) in [6.45, 7) is 0. The third-order valence-corrected chi connectivity index (χ3v) is 4.28. The Morgan fingerprint density at radius 3 is 2.61 bits per heavy atom. The molecule has 4 aromatic rings. The van der Waals surface area contributed by atoms with Crippen molar-refractivity contribution in [1.29, 1.82) is 0 Å². The molecule has 4 nitrogen and oxygen atoms in total. The van der Waals surface area contributed by atoms with Crippen molar-refractivity contribution in [1.82, 2.24) is 14.8 Å². The van der Waals surface area contributed by atoms with Crippen molar-refractivity contribution in [3.63, 3.8) is 0 Å². The van der Waals surface area contributed by atoms with Crippen LogP contribution < -0.4 is 0 Å². The Balaban J connectivity index is 1.93. The SMILES string of the molecule is Cn1ncc2nc3ccc(C(=O)c4ccccc4)cc3c(Cl)c21. The van der Waals surface area contributed by atoms with Gasteiger partial charge >= 0.3 is 0 Å². The Hall–Kier alpha value is -2.72. The maximum Gasteiger partial charge on any atom is 0.193 e. The van der Waals surface area contributed by atoms with Crippen LogP contribution in [0.1, 0.15) is 15.9 Å². The number of nitrogens with zero attached hydrogens (tertiary/aromatic N) is 3. The number of hydrogen-bond acceptors (Lipinski definition) is 3. The van der Waals surface area contributed by atoms with E-state index in [1.54, 1.807) is 35.1 Å². The molecule has 0 saturated heterocycles. The van der Waals surface area contributed by atoms with Crippen LogP contribution in [0.3, 0.4) is 0 Å². The average molecular weight is 322 g/mol. The van der Waals surface area contributed by atoms with Crippen molar-refractivity contribution in [2.45, 2.75) is 0 Å². The van der Waals surface area contributed by atoms with Gasteiger partial charge in [0.1, 0.15) is 11.0 Å². The highest BCUT2D eigenvalue weighted by atomic mass is 35.5. The molecular weight excluding hydrogens is 310 g/mol. The topological polar surface area (TPSA) is 47.8 Å². The number of fused-ring (bicyclic) bond motifs is 2. The number of rotatable bonds is 2.